The molecule has 13 heteroatoms. The van der Waals surface area contributed by atoms with Crippen LogP contribution in [0.4, 0.5) is 5.69 Å². The number of carbonyl (C=O) groups excluding carboxylic acids is 3. The van der Waals surface area contributed by atoms with Crippen molar-refractivity contribution in [3.63, 3.8) is 0 Å². The summed E-state index contributed by atoms with van der Waals surface area (Å²) in [6.45, 7) is 17.4. The SMILES string of the molecule is CCOc1ccc(S(=O)(=O)N(CC(=O)N2CCc3ccccc32)Cc2cc(CCC(C)(C)c3ccc(OCCCC(=O)NC(C(=O)OC)C(C)C)c(C(C)(C)CC)c3)co2)cc1. The second kappa shape index (κ2) is 20.8. The molecule has 0 saturated heterocycles. The predicted molar refractivity (Wildman–Crippen MR) is 241 cm³/mol. The molecule has 336 valence electrons. The van der Waals surface area contributed by atoms with Gasteiger partial charge in [-0.2, -0.15) is 4.31 Å². The average molecular weight is 872 g/mol. The van der Waals surface area contributed by atoms with E-state index in [4.69, 9.17) is 18.6 Å². The van der Waals surface area contributed by atoms with E-state index in [-0.39, 0.29) is 53.0 Å². The van der Waals surface area contributed by atoms with Gasteiger partial charge in [-0.1, -0.05) is 78.8 Å². The van der Waals surface area contributed by atoms with Crippen LogP contribution in [0.5, 0.6) is 11.5 Å². The summed E-state index contributed by atoms with van der Waals surface area (Å²) in [5.41, 5.74) is 4.61. The Morgan fingerprint density at radius 1 is 0.935 bits per heavy atom. The maximum absolute atomic E-state index is 14.2. The van der Waals surface area contributed by atoms with Gasteiger partial charge < -0.3 is 28.8 Å². The van der Waals surface area contributed by atoms with Gasteiger partial charge in [0.25, 0.3) is 0 Å². The number of para-hydroxylation sites is 1. The van der Waals surface area contributed by atoms with Crippen LogP contribution in [0.2, 0.25) is 0 Å². The highest BCUT2D eigenvalue weighted by Crippen LogP contribution is 2.39. The van der Waals surface area contributed by atoms with Crippen molar-refractivity contribution in [2.75, 3.05) is 38.3 Å². The van der Waals surface area contributed by atoms with E-state index in [9.17, 15) is 22.8 Å². The van der Waals surface area contributed by atoms with Gasteiger partial charge in [0.15, 0.2) is 0 Å². The highest BCUT2D eigenvalue weighted by molar-refractivity contribution is 7.89. The van der Waals surface area contributed by atoms with Crippen molar-refractivity contribution in [3.05, 3.63) is 107 Å². The van der Waals surface area contributed by atoms with Crippen LogP contribution in [0, 0.1) is 5.92 Å². The number of nitrogens with one attached hydrogen (secondary N) is 1. The molecular formula is C49H65N3O9S. The number of hydrogen-bond donors (Lipinski definition) is 1. The molecule has 4 aromatic rings. The Balaban J connectivity index is 1.27. The highest BCUT2D eigenvalue weighted by atomic mass is 32.2. The topological polar surface area (TPSA) is 145 Å². The van der Waals surface area contributed by atoms with Gasteiger partial charge >= 0.3 is 5.97 Å². The van der Waals surface area contributed by atoms with E-state index in [1.54, 1.807) is 23.3 Å². The molecule has 0 radical (unpaired) electrons. The number of ether oxygens (including phenoxy) is 3. The van der Waals surface area contributed by atoms with Gasteiger partial charge in [0, 0.05) is 24.2 Å². The van der Waals surface area contributed by atoms with Gasteiger partial charge in [-0.05, 0) is 115 Å². The van der Waals surface area contributed by atoms with Crippen LogP contribution >= 0.6 is 0 Å². The van der Waals surface area contributed by atoms with E-state index in [2.05, 4.69) is 52.1 Å². The van der Waals surface area contributed by atoms with Crippen LogP contribution in [0.1, 0.15) is 109 Å². The van der Waals surface area contributed by atoms with Crippen LogP contribution in [0.25, 0.3) is 0 Å². The number of rotatable bonds is 22. The Morgan fingerprint density at radius 3 is 2.34 bits per heavy atom. The number of sulfonamides is 1. The molecule has 5 rings (SSSR count). The summed E-state index contributed by atoms with van der Waals surface area (Å²) in [5.74, 6) is 0.698. The Bertz CT molecular complexity index is 2260. The number of amides is 2. The minimum Gasteiger partial charge on any atom is -0.494 e. The number of anilines is 1. The number of esters is 1. The van der Waals surface area contributed by atoms with Crippen molar-refractivity contribution in [3.8, 4) is 11.5 Å². The zero-order chi connectivity index (χ0) is 45.2. The molecule has 0 aliphatic carbocycles. The van der Waals surface area contributed by atoms with Crippen LogP contribution < -0.4 is 19.7 Å². The lowest BCUT2D eigenvalue weighted by Gasteiger charge is -2.31. The van der Waals surface area contributed by atoms with Crippen molar-refractivity contribution in [2.45, 2.75) is 122 Å². The minimum absolute atomic E-state index is 0.0609. The van der Waals surface area contributed by atoms with E-state index >= 15 is 0 Å². The van der Waals surface area contributed by atoms with E-state index in [0.717, 1.165) is 46.5 Å². The average Bonchev–Trinajstić information content (AvgIpc) is 3.90. The fourth-order valence-electron chi connectivity index (χ4n) is 7.58. The van der Waals surface area contributed by atoms with Crippen LogP contribution in [0.15, 0.2) is 88.4 Å². The smallest absolute Gasteiger partial charge is 0.328 e. The first-order chi connectivity index (χ1) is 29.4. The first-order valence-electron chi connectivity index (χ1n) is 21.7. The van der Waals surface area contributed by atoms with Crippen molar-refractivity contribution >= 4 is 33.5 Å². The number of fused-ring (bicyclic) bond motifs is 1. The first kappa shape index (κ1) is 47.9. The largest absolute Gasteiger partial charge is 0.494 e. The van der Waals surface area contributed by atoms with Crippen LogP contribution in [-0.2, 0) is 59.4 Å². The third-order valence-electron chi connectivity index (χ3n) is 12.0. The molecule has 1 aliphatic rings. The number of hydrogen-bond acceptors (Lipinski definition) is 9. The van der Waals surface area contributed by atoms with Crippen molar-refractivity contribution < 1.29 is 41.4 Å². The van der Waals surface area contributed by atoms with Gasteiger partial charge in [0.2, 0.25) is 21.8 Å². The van der Waals surface area contributed by atoms with Gasteiger partial charge in [0.05, 0.1) is 44.6 Å². The number of methoxy groups -OCH3 is 1. The summed E-state index contributed by atoms with van der Waals surface area (Å²) in [6, 6.07) is 21.5. The van der Waals surface area contributed by atoms with Gasteiger partial charge in [0.1, 0.15) is 23.3 Å². The zero-order valence-electron chi connectivity index (χ0n) is 37.9. The van der Waals surface area contributed by atoms with Crippen LogP contribution in [-0.4, -0.2) is 70.0 Å². The quantitative estimate of drug-likeness (QED) is 0.0607. The molecule has 0 bridgehead atoms. The Hall–Kier alpha value is -5.14. The Morgan fingerprint density at radius 2 is 1.66 bits per heavy atom. The monoisotopic (exact) mass is 871 g/mol. The van der Waals surface area contributed by atoms with Crippen molar-refractivity contribution in [1.82, 2.24) is 9.62 Å². The minimum atomic E-state index is -4.11. The van der Waals surface area contributed by atoms with Gasteiger partial charge in [-0.25, -0.2) is 13.2 Å². The molecule has 0 fully saturated rings. The standard InChI is InChI=1S/C49H65N3O9S/c1-10-48(5,6)41-30-37(18-23-43(41)60-28-14-17-44(53)50-46(34(3)4)47(55)58-9)49(7,8)26-24-35-29-39(61-33-35)31-51(62(56,57)40-21-19-38(20-22-40)59-11-2)32-45(54)52-27-25-36-15-12-13-16-42(36)52/h12-13,15-16,18-23,29-30,33-34,46H,10-11,14,17,24-28,31-32H2,1-9H3,(H,50,53). The highest BCUT2D eigenvalue weighted by Gasteiger charge is 2.33. The van der Waals surface area contributed by atoms with E-state index < -0.39 is 22.0 Å². The molecular weight excluding hydrogens is 807 g/mol. The Kier molecular flexibility index (Phi) is 16.1. The van der Waals surface area contributed by atoms with E-state index in [1.807, 2.05) is 57.2 Å². The molecule has 2 heterocycles. The molecule has 1 N–H and O–H groups in total. The molecule has 0 saturated carbocycles. The van der Waals surface area contributed by atoms with Gasteiger partial charge in [-0.15, -0.1) is 0 Å². The lowest BCUT2D eigenvalue weighted by atomic mass is 9.75. The fraction of sp³-hybridized carbons (Fsp3) is 0.490. The van der Waals surface area contributed by atoms with Crippen molar-refractivity contribution in [1.29, 1.82) is 0 Å². The fourth-order valence-corrected chi connectivity index (χ4v) is 8.94. The number of aryl methyl sites for hydroxylation is 1. The molecule has 1 aliphatic heterocycles. The maximum Gasteiger partial charge on any atom is 0.328 e. The van der Waals surface area contributed by atoms with Crippen LogP contribution in [0.3, 0.4) is 0 Å². The number of benzene rings is 3. The Labute approximate surface area is 368 Å². The number of nitrogens with zero attached hydrogens (tertiary/aromatic N) is 2. The lowest BCUT2D eigenvalue weighted by molar-refractivity contribution is -0.146. The third-order valence-corrected chi connectivity index (χ3v) is 13.8. The predicted octanol–water partition coefficient (Wildman–Crippen LogP) is 8.53. The molecule has 3 aromatic carbocycles. The summed E-state index contributed by atoms with van der Waals surface area (Å²) in [6.07, 6.45) is 5.42. The summed E-state index contributed by atoms with van der Waals surface area (Å²) >= 11 is 0. The summed E-state index contributed by atoms with van der Waals surface area (Å²) in [5, 5.41) is 2.79. The van der Waals surface area contributed by atoms with Gasteiger partial charge in [-0.3, -0.25) is 9.59 Å². The maximum atomic E-state index is 14.2. The van der Waals surface area contributed by atoms with Crippen molar-refractivity contribution in [2.24, 2.45) is 5.92 Å². The van der Waals surface area contributed by atoms with E-state index in [1.165, 1.54) is 23.5 Å². The molecule has 1 aromatic heterocycles. The molecule has 12 nitrogen and oxygen atoms in total. The molecule has 1 unspecified atom stereocenters. The molecule has 62 heavy (non-hydrogen) atoms. The normalized spacial score (nSPS) is 13.6. The molecule has 2 amide bonds. The summed E-state index contributed by atoms with van der Waals surface area (Å²) in [7, 11) is -2.80. The third kappa shape index (κ3) is 11.9. The first-order valence-corrected chi connectivity index (χ1v) is 23.2. The second-order valence-electron chi connectivity index (χ2n) is 17.6. The summed E-state index contributed by atoms with van der Waals surface area (Å²) in [4.78, 5) is 40.3. The number of carbonyl (C=O) groups is 3. The lowest BCUT2D eigenvalue weighted by Crippen LogP contribution is -2.45. The zero-order valence-corrected chi connectivity index (χ0v) is 38.7. The second-order valence-corrected chi connectivity index (χ2v) is 19.6. The molecule has 1 atom stereocenters. The number of furan rings is 1. The molecule has 0 spiro atoms. The summed E-state index contributed by atoms with van der Waals surface area (Å²) < 4.78 is 52.3. The van der Waals surface area contributed by atoms with E-state index in [0.29, 0.717) is 50.5 Å².